The maximum absolute atomic E-state index is 10.0. The molecule has 2 aliphatic rings. The number of benzene rings is 3. The zero-order chi connectivity index (χ0) is 31.0. The van der Waals surface area contributed by atoms with Crippen LogP contribution in [0.2, 0.25) is 0 Å². The second-order valence-electron chi connectivity index (χ2n) is 10.9. The predicted molar refractivity (Wildman–Crippen MR) is 184 cm³/mol. The molecule has 7 nitrogen and oxygen atoms in total. The average molecular weight is 618 g/mol. The van der Waals surface area contributed by atoms with Crippen LogP contribution in [0.1, 0.15) is 32.3 Å². The summed E-state index contributed by atoms with van der Waals surface area (Å²) in [6.07, 6.45) is 3.88. The molecular weight excluding hydrogens is 579 g/mol. The summed E-state index contributed by atoms with van der Waals surface area (Å²) in [4.78, 5) is 8.36. The van der Waals surface area contributed by atoms with Crippen molar-refractivity contribution in [2.45, 2.75) is 37.7 Å². The molecule has 3 aromatic carbocycles. The first kappa shape index (κ1) is 30.7. The van der Waals surface area contributed by atoms with Gasteiger partial charge in [-0.1, -0.05) is 50.2 Å². The zero-order valence-corrected chi connectivity index (χ0v) is 26.7. The molecule has 8 heteroatoms. The van der Waals surface area contributed by atoms with Gasteiger partial charge < -0.3 is 19.7 Å². The quantitative estimate of drug-likeness (QED) is 0.200. The number of ether oxygens (including phenoxy) is 2. The van der Waals surface area contributed by atoms with Gasteiger partial charge in [0.2, 0.25) is 0 Å². The Balaban J connectivity index is 0.00000175. The van der Waals surface area contributed by atoms with Crippen LogP contribution in [0.15, 0.2) is 96.0 Å². The fraction of sp³-hybridized carbons (Fsp3) is 0.297. The summed E-state index contributed by atoms with van der Waals surface area (Å²) < 4.78 is 14.0. The molecule has 0 saturated carbocycles. The van der Waals surface area contributed by atoms with Crippen LogP contribution in [0.25, 0.3) is 33.4 Å². The van der Waals surface area contributed by atoms with Crippen LogP contribution in [0.3, 0.4) is 0 Å². The molecule has 2 aromatic heterocycles. The lowest BCUT2D eigenvalue weighted by Gasteiger charge is -2.28. The molecule has 4 heterocycles. The molecule has 2 saturated heterocycles. The monoisotopic (exact) mass is 617 g/mol. The van der Waals surface area contributed by atoms with E-state index in [1.165, 1.54) is 5.69 Å². The topological polar surface area (TPSA) is 75.3 Å². The number of rotatable bonds is 7. The Kier molecular flexibility index (Phi) is 10.0. The van der Waals surface area contributed by atoms with E-state index in [0.717, 1.165) is 90.5 Å². The molecule has 2 aliphatic heterocycles. The van der Waals surface area contributed by atoms with E-state index < -0.39 is 0 Å². The second-order valence-corrected chi connectivity index (χ2v) is 11.9. The number of nitrogens with zero attached hydrogens (tertiary/aromatic N) is 4. The predicted octanol–water partition coefficient (Wildman–Crippen LogP) is 7.79. The normalized spacial score (nSPS) is 15.3. The molecule has 0 bridgehead atoms. The van der Waals surface area contributed by atoms with Gasteiger partial charge in [0.05, 0.1) is 24.5 Å². The van der Waals surface area contributed by atoms with Crippen molar-refractivity contribution in [2.75, 3.05) is 44.3 Å². The number of aromatic nitrogens is 2. The van der Waals surface area contributed by atoms with Crippen molar-refractivity contribution in [3.63, 3.8) is 0 Å². The molecule has 2 fully saturated rings. The van der Waals surface area contributed by atoms with Gasteiger partial charge in [0.25, 0.3) is 0 Å². The largest absolute Gasteiger partial charge is 0.489 e. The summed E-state index contributed by atoms with van der Waals surface area (Å²) in [6, 6.07) is 31.8. The van der Waals surface area contributed by atoms with Gasteiger partial charge >= 0.3 is 0 Å². The van der Waals surface area contributed by atoms with E-state index in [2.05, 4.69) is 80.9 Å². The summed E-state index contributed by atoms with van der Waals surface area (Å²) in [5, 5.41) is 14.4. The maximum Gasteiger partial charge on any atom is 0.151 e. The van der Waals surface area contributed by atoms with E-state index in [1.807, 2.05) is 44.3 Å². The van der Waals surface area contributed by atoms with Crippen molar-refractivity contribution in [1.82, 2.24) is 14.3 Å². The van der Waals surface area contributed by atoms with Gasteiger partial charge in [-0.2, -0.15) is 5.26 Å². The van der Waals surface area contributed by atoms with Gasteiger partial charge in [-0.15, -0.1) is 0 Å². The van der Waals surface area contributed by atoms with Crippen molar-refractivity contribution in [3.8, 4) is 34.2 Å². The van der Waals surface area contributed by atoms with Gasteiger partial charge in [-0.05, 0) is 103 Å². The maximum atomic E-state index is 10.0. The fourth-order valence-electron chi connectivity index (χ4n) is 5.85. The molecule has 1 N–H and O–H groups in total. The number of pyridine rings is 1. The summed E-state index contributed by atoms with van der Waals surface area (Å²) >= 11 is 1.66. The molecule has 45 heavy (non-hydrogen) atoms. The van der Waals surface area contributed by atoms with Crippen LogP contribution in [0, 0.1) is 11.3 Å². The highest BCUT2D eigenvalue weighted by molar-refractivity contribution is 7.98. The molecule has 0 amide bonds. The van der Waals surface area contributed by atoms with E-state index >= 15 is 0 Å². The Labute approximate surface area is 269 Å². The number of anilines is 1. The van der Waals surface area contributed by atoms with Crippen LogP contribution in [-0.2, 0) is 4.74 Å². The zero-order valence-electron chi connectivity index (χ0n) is 25.9. The minimum Gasteiger partial charge on any atom is -0.489 e. The SMILES string of the molecule is CC.N#Cc1cc(-c2ccnc3c2cc(-c2ccc(N4CCOCC4)cc2)n3Sc2ccccc2)ccc1OC1CCNCC1. The number of hydrogen-bond acceptors (Lipinski definition) is 7. The lowest BCUT2D eigenvalue weighted by molar-refractivity contribution is 0.122. The molecule has 0 spiro atoms. The Morgan fingerprint density at radius 1 is 0.911 bits per heavy atom. The van der Waals surface area contributed by atoms with Gasteiger partial charge in [-0.3, -0.25) is 3.97 Å². The van der Waals surface area contributed by atoms with E-state index in [-0.39, 0.29) is 6.10 Å². The number of nitriles is 1. The lowest BCUT2D eigenvalue weighted by Crippen LogP contribution is -2.36. The molecule has 5 aromatic rings. The van der Waals surface area contributed by atoms with Crippen LogP contribution >= 0.6 is 11.9 Å². The number of hydrogen-bond donors (Lipinski definition) is 1. The van der Waals surface area contributed by atoms with E-state index in [9.17, 15) is 5.26 Å². The van der Waals surface area contributed by atoms with Crippen LogP contribution in [0.5, 0.6) is 5.75 Å². The lowest BCUT2D eigenvalue weighted by atomic mass is 10.0. The standard InChI is InChI=1S/C35H33N5O2S.C2H6/c36-24-27-22-26(8-11-34(27)42-29-12-15-37-16-13-29)31-14-17-38-35-32(31)23-33(40(35)43-30-4-2-1-3-5-30)25-6-9-28(10-7-25)39-18-20-41-21-19-39;1-2/h1-11,14,17,22-23,29,37H,12-13,15-16,18-21H2;1-2H3. The molecular formula is C37H39N5O2S. The first-order valence-electron chi connectivity index (χ1n) is 15.9. The number of piperidine rings is 1. The van der Waals surface area contributed by atoms with Gasteiger partial charge in [0.15, 0.2) is 5.65 Å². The van der Waals surface area contributed by atoms with Crippen LogP contribution in [-0.4, -0.2) is 54.5 Å². The summed E-state index contributed by atoms with van der Waals surface area (Å²) in [7, 11) is 0. The van der Waals surface area contributed by atoms with Crippen molar-refractivity contribution < 1.29 is 9.47 Å². The minimum absolute atomic E-state index is 0.132. The molecule has 230 valence electrons. The van der Waals surface area contributed by atoms with Crippen LogP contribution in [0.4, 0.5) is 5.69 Å². The Bertz CT molecular complexity index is 1750. The van der Waals surface area contributed by atoms with Gasteiger partial charge in [0.1, 0.15) is 17.9 Å². The third kappa shape index (κ3) is 6.86. The van der Waals surface area contributed by atoms with E-state index in [4.69, 9.17) is 14.5 Å². The van der Waals surface area contributed by atoms with Crippen molar-refractivity contribution in [2.24, 2.45) is 0 Å². The molecule has 0 radical (unpaired) electrons. The third-order valence-corrected chi connectivity index (χ3v) is 9.17. The smallest absolute Gasteiger partial charge is 0.151 e. The first-order chi connectivity index (χ1) is 22.3. The fourth-order valence-corrected chi connectivity index (χ4v) is 6.83. The molecule has 0 atom stereocenters. The van der Waals surface area contributed by atoms with Crippen molar-refractivity contribution in [1.29, 1.82) is 5.26 Å². The van der Waals surface area contributed by atoms with Gasteiger partial charge in [-0.25, -0.2) is 4.98 Å². The molecule has 0 unspecified atom stereocenters. The Hall–Kier alpha value is -4.29. The summed E-state index contributed by atoms with van der Waals surface area (Å²) in [6.45, 7) is 9.21. The number of nitrogens with one attached hydrogen (secondary N) is 1. The second kappa shape index (κ2) is 14.7. The van der Waals surface area contributed by atoms with Crippen molar-refractivity contribution in [3.05, 3.63) is 96.7 Å². The molecule has 7 rings (SSSR count). The summed E-state index contributed by atoms with van der Waals surface area (Å²) in [5.41, 5.74) is 6.84. The highest BCUT2D eigenvalue weighted by Crippen LogP contribution is 2.39. The number of morpholine rings is 1. The Morgan fingerprint density at radius 3 is 2.38 bits per heavy atom. The van der Waals surface area contributed by atoms with Crippen molar-refractivity contribution >= 4 is 28.7 Å². The highest BCUT2D eigenvalue weighted by Gasteiger charge is 2.20. The average Bonchev–Trinajstić information content (AvgIpc) is 3.49. The summed E-state index contributed by atoms with van der Waals surface area (Å²) in [5.74, 6) is 0.654. The highest BCUT2D eigenvalue weighted by atomic mass is 32.2. The Morgan fingerprint density at radius 2 is 1.64 bits per heavy atom. The number of fused-ring (bicyclic) bond motifs is 1. The molecule has 0 aliphatic carbocycles. The first-order valence-corrected chi connectivity index (χ1v) is 16.6. The van der Waals surface area contributed by atoms with Gasteiger partial charge in [0, 0.05) is 35.3 Å². The van der Waals surface area contributed by atoms with Crippen LogP contribution < -0.4 is 15.0 Å². The third-order valence-electron chi connectivity index (χ3n) is 8.13. The van der Waals surface area contributed by atoms with E-state index in [0.29, 0.717) is 11.3 Å². The minimum atomic E-state index is 0.132. The van der Waals surface area contributed by atoms with E-state index in [1.54, 1.807) is 11.9 Å².